The van der Waals surface area contributed by atoms with Gasteiger partial charge in [0.1, 0.15) is 0 Å². The van der Waals surface area contributed by atoms with Crippen molar-refractivity contribution in [2.24, 2.45) is 0 Å². The van der Waals surface area contributed by atoms with Gasteiger partial charge < -0.3 is 38.9 Å². The van der Waals surface area contributed by atoms with Crippen molar-refractivity contribution in [2.45, 2.75) is 43.4 Å². The highest BCUT2D eigenvalue weighted by Gasteiger charge is 2.51. The average Bonchev–Trinajstić information content (AvgIpc) is 1.75. The Labute approximate surface area is 519 Å². The molecule has 0 aliphatic carbocycles. The van der Waals surface area contributed by atoms with Crippen LogP contribution in [0.5, 0.6) is 0 Å². The summed E-state index contributed by atoms with van der Waals surface area (Å²) in [6, 6.07) is 106. The van der Waals surface area contributed by atoms with E-state index in [-0.39, 0.29) is 30.8 Å². The lowest BCUT2D eigenvalue weighted by molar-refractivity contribution is 0.291. The van der Waals surface area contributed by atoms with Gasteiger partial charge in [-0.2, -0.15) is 0 Å². The van der Waals surface area contributed by atoms with Gasteiger partial charge in [-0.05, 0) is 130 Å². The Morgan fingerprint density at radius 3 is 1.08 bits per heavy atom. The van der Waals surface area contributed by atoms with E-state index >= 15 is 0 Å². The molecule has 0 saturated carbocycles. The summed E-state index contributed by atoms with van der Waals surface area (Å²) in [6.07, 6.45) is 2.49. The number of benzene rings is 10. The number of aliphatic hydroxyl groups excluding tert-OH is 1. The number of nitrogens with one attached hydrogen (secondary N) is 2. The van der Waals surface area contributed by atoms with Gasteiger partial charge in [0.2, 0.25) is 8.45 Å². The van der Waals surface area contributed by atoms with E-state index in [1.54, 1.807) is 0 Å². The van der Waals surface area contributed by atoms with Crippen LogP contribution in [0.15, 0.2) is 303 Å². The van der Waals surface area contributed by atoms with Gasteiger partial charge in [0, 0.05) is 48.0 Å². The molecule has 0 bridgehead atoms. The Morgan fingerprint density at radius 1 is 0.424 bits per heavy atom. The van der Waals surface area contributed by atoms with E-state index in [1.165, 1.54) is 27.8 Å². The zero-order chi connectivity index (χ0) is 58.4. The summed E-state index contributed by atoms with van der Waals surface area (Å²) in [5, 5.41) is 15.8. The maximum Gasteiger partial charge on any atom is 0.249 e. The lowest BCUT2D eigenvalue weighted by Crippen LogP contribution is -2.31. The number of hydrogen-bond acceptors (Lipinski definition) is 8. The first-order valence-corrected chi connectivity index (χ1v) is 32.8. The SMILES string of the molecule is ClP1N(c2ccccc2)[C@H](c2ccccc2)[C@@H](c2ccccc2)N1c1ccccc1.OCCCC(=S)Cc1ccccc1.S=C(NCCOP1N(c2ccccc2)[C@H](c2ccccc2)[C@@H](c2ccccc2)N1c1ccccc1)Nc1ccccc1. The number of halogens is 1. The summed E-state index contributed by atoms with van der Waals surface area (Å²) in [5.41, 5.74) is 11.8. The fraction of sp³-hybridized carbons (Fsp3) is 0.139. The maximum atomic E-state index is 8.62. The summed E-state index contributed by atoms with van der Waals surface area (Å²) in [7, 11) is -2.40. The largest absolute Gasteiger partial charge is 0.396 e. The van der Waals surface area contributed by atoms with Crippen LogP contribution < -0.4 is 29.3 Å². The summed E-state index contributed by atoms with van der Waals surface area (Å²) in [6.45, 7) is 1.29. The van der Waals surface area contributed by atoms with Crippen LogP contribution in [0.4, 0.5) is 28.4 Å². The van der Waals surface area contributed by atoms with Crippen LogP contribution in [0.1, 0.15) is 64.8 Å². The van der Waals surface area contributed by atoms with Crippen LogP contribution in [-0.2, 0) is 10.9 Å². The van der Waals surface area contributed by atoms with Crippen LogP contribution in [0.25, 0.3) is 0 Å². The van der Waals surface area contributed by atoms with Crippen molar-refractivity contribution in [2.75, 3.05) is 43.8 Å². The highest BCUT2D eigenvalue weighted by Crippen LogP contribution is 2.69. The molecule has 428 valence electrons. The molecule has 2 fully saturated rings. The van der Waals surface area contributed by atoms with Crippen molar-refractivity contribution in [3.05, 3.63) is 331 Å². The summed E-state index contributed by atoms with van der Waals surface area (Å²) in [5.74, 6) is 0. The topological polar surface area (TPSA) is 66.5 Å². The average molecular weight is 1210 g/mol. The van der Waals surface area contributed by atoms with E-state index in [9.17, 15) is 0 Å². The fourth-order valence-corrected chi connectivity index (χ4v) is 16.4. The van der Waals surface area contributed by atoms with Crippen molar-refractivity contribution in [3.8, 4) is 0 Å². The predicted molar refractivity (Wildman–Crippen MR) is 368 cm³/mol. The molecule has 0 amide bonds. The minimum atomic E-state index is -1.27. The minimum absolute atomic E-state index is 0.0242. The van der Waals surface area contributed by atoms with Gasteiger partial charge in [0.25, 0.3) is 0 Å². The van der Waals surface area contributed by atoms with Gasteiger partial charge >= 0.3 is 0 Å². The third-order valence-electron chi connectivity index (χ3n) is 14.5. The highest BCUT2D eigenvalue weighted by atomic mass is 35.7. The van der Waals surface area contributed by atoms with Crippen LogP contribution in [-0.4, -0.2) is 34.8 Å². The molecule has 4 atom stereocenters. The van der Waals surface area contributed by atoms with E-state index in [0.717, 1.165) is 52.6 Å². The second-order valence-corrected chi connectivity index (χ2v) is 25.1. The number of aliphatic hydroxyl groups is 1. The number of thiocarbonyl (C=S) groups is 2. The molecular formula is C72H69ClN6O2P2S2. The third-order valence-corrected chi connectivity index (χ3v) is 19.9. The van der Waals surface area contributed by atoms with E-state index in [1.807, 2.05) is 48.5 Å². The molecular weight excluding hydrogens is 1140 g/mol. The number of nitrogens with zero attached hydrogens (tertiary/aromatic N) is 4. The van der Waals surface area contributed by atoms with Gasteiger partial charge in [0.05, 0.1) is 30.8 Å². The zero-order valence-electron chi connectivity index (χ0n) is 47.2. The van der Waals surface area contributed by atoms with Crippen molar-refractivity contribution in [1.29, 1.82) is 0 Å². The minimum Gasteiger partial charge on any atom is -0.396 e. The van der Waals surface area contributed by atoms with Crippen LogP contribution in [0, 0.1) is 0 Å². The monoisotopic (exact) mass is 1210 g/mol. The molecule has 2 aliphatic rings. The van der Waals surface area contributed by atoms with E-state index in [0.29, 0.717) is 18.3 Å². The van der Waals surface area contributed by atoms with Crippen LogP contribution in [0.3, 0.4) is 0 Å². The highest BCUT2D eigenvalue weighted by molar-refractivity contribution is 7.86. The van der Waals surface area contributed by atoms with E-state index in [2.05, 4.69) is 284 Å². The maximum absolute atomic E-state index is 8.62. The van der Waals surface area contributed by atoms with E-state index < -0.39 is 16.0 Å². The first-order chi connectivity index (χ1) is 42.0. The third kappa shape index (κ3) is 15.8. The molecule has 12 rings (SSSR count). The lowest BCUT2D eigenvalue weighted by Gasteiger charge is -2.32. The van der Waals surface area contributed by atoms with Crippen molar-refractivity contribution < 1.29 is 9.63 Å². The molecule has 10 aromatic carbocycles. The molecule has 3 N–H and O–H groups in total. The Hall–Kier alpha value is -7.75. The summed E-state index contributed by atoms with van der Waals surface area (Å²) >= 11 is 18.1. The molecule has 0 radical (unpaired) electrons. The van der Waals surface area contributed by atoms with Crippen LogP contribution >= 0.6 is 51.7 Å². The van der Waals surface area contributed by atoms with Crippen molar-refractivity contribution in [3.63, 3.8) is 0 Å². The molecule has 0 aromatic heterocycles. The molecule has 2 heterocycles. The molecule has 10 aromatic rings. The quantitative estimate of drug-likeness (QED) is 0.0440. The normalized spacial score (nSPS) is 16.6. The second kappa shape index (κ2) is 31.4. The number of para-hydroxylation sites is 5. The van der Waals surface area contributed by atoms with Gasteiger partial charge in [-0.3, -0.25) is 0 Å². The van der Waals surface area contributed by atoms with Gasteiger partial charge in [0.15, 0.2) is 12.7 Å². The Kier molecular flexibility index (Phi) is 22.3. The molecule has 13 heteroatoms. The zero-order valence-corrected chi connectivity index (χ0v) is 51.3. The van der Waals surface area contributed by atoms with Crippen LogP contribution in [0.2, 0.25) is 0 Å². The Bertz CT molecular complexity index is 3370. The Balaban J connectivity index is 0.000000162. The lowest BCUT2D eigenvalue weighted by atomic mass is 9.92. The predicted octanol–water partition coefficient (Wildman–Crippen LogP) is 19.1. The molecule has 2 saturated heterocycles. The molecule has 2 aliphatic heterocycles. The summed E-state index contributed by atoms with van der Waals surface area (Å²) in [4.78, 5) is 1.03. The first-order valence-electron chi connectivity index (χ1n) is 28.7. The van der Waals surface area contributed by atoms with Gasteiger partial charge in [-0.15, -0.1) is 0 Å². The van der Waals surface area contributed by atoms with Crippen molar-refractivity contribution in [1.82, 2.24) is 5.32 Å². The van der Waals surface area contributed by atoms with Gasteiger partial charge in [-0.1, -0.05) is 255 Å². The number of anilines is 5. The molecule has 8 nitrogen and oxygen atoms in total. The standard InChI is InChI=1S/C35H33N4OPS.C26H22ClN2P.C11H14OS/c42-35(37-30-20-10-3-11-21-30)36-26-27-40-41-38(31-22-12-4-13-23-31)33(28-16-6-1-7-17-28)34(29-18-8-2-9-19-29)39(41)32-24-14-5-15-25-32;27-30-28(23-17-9-3-10-18-23)25(21-13-5-1-6-14-21)26(22-15-7-2-8-16-22)29(30)24-19-11-4-12-20-24;12-8-4-7-11(13)9-10-5-2-1-3-6-10/h1-25,33-34H,26-27H2,(H2,36,37,42);1-20,25-26H;1-3,5-6,12H,4,7-9H2/t33-,34-;25-,26-;/m11./s1. The molecule has 85 heavy (non-hydrogen) atoms. The molecule has 0 unspecified atom stereocenters. The molecule has 0 spiro atoms. The first kappa shape index (κ1) is 60.4. The smallest absolute Gasteiger partial charge is 0.249 e. The van der Waals surface area contributed by atoms with Gasteiger partial charge in [-0.25, -0.2) is 0 Å². The summed E-state index contributed by atoms with van der Waals surface area (Å²) < 4.78 is 16.7. The van der Waals surface area contributed by atoms with E-state index in [4.69, 9.17) is 45.3 Å². The fourth-order valence-electron chi connectivity index (χ4n) is 10.7. The number of rotatable bonds is 18. The second-order valence-electron chi connectivity index (χ2n) is 20.2. The van der Waals surface area contributed by atoms with Crippen molar-refractivity contribution >= 4 is 90.1 Å². The Morgan fingerprint density at radius 2 is 0.729 bits per heavy atom. The number of hydrogen-bond donors (Lipinski definition) is 3.